The van der Waals surface area contributed by atoms with E-state index in [-0.39, 0.29) is 24.0 Å². The van der Waals surface area contributed by atoms with E-state index in [0.717, 1.165) is 22.5 Å². The zero-order valence-corrected chi connectivity index (χ0v) is 15.6. The van der Waals surface area contributed by atoms with E-state index in [1.165, 1.54) is 12.8 Å². The highest BCUT2D eigenvalue weighted by atomic mass is 127. The molecule has 0 aromatic carbocycles. The molecule has 0 aromatic rings. The van der Waals surface area contributed by atoms with Crippen LogP contribution in [0, 0.1) is 16.7 Å². The van der Waals surface area contributed by atoms with Crippen LogP contribution in [0.2, 0.25) is 0 Å². The Balaban J connectivity index is 0.00000162. The first-order chi connectivity index (χ1) is 7.53. The van der Waals surface area contributed by atoms with Gasteiger partial charge in [0.15, 0.2) is 0 Å². The standard InChI is InChI=1S/C15H31N2.HI/c1-14(2)11-9-10-15(14,3)13(17(6,7)8)12(11)16(4)5;/h11-13H,9-10H2,1-8H3;1H/q+1;/p-1. The van der Waals surface area contributed by atoms with Gasteiger partial charge >= 0.3 is 0 Å². The van der Waals surface area contributed by atoms with Gasteiger partial charge in [0.2, 0.25) is 0 Å². The summed E-state index contributed by atoms with van der Waals surface area (Å²) in [6.07, 6.45) is 2.83. The predicted octanol–water partition coefficient (Wildman–Crippen LogP) is -0.548. The molecule has 2 bridgehead atoms. The number of hydrogen-bond donors (Lipinski definition) is 0. The molecule has 18 heavy (non-hydrogen) atoms. The van der Waals surface area contributed by atoms with Crippen LogP contribution in [-0.2, 0) is 0 Å². The van der Waals surface area contributed by atoms with Crippen LogP contribution in [0.4, 0.5) is 0 Å². The Morgan fingerprint density at radius 3 is 1.89 bits per heavy atom. The first-order valence-electron chi connectivity index (χ1n) is 7.01. The first-order valence-corrected chi connectivity index (χ1v) is 7.01. The van der Waals surface area contributed by atoms with Crippen molar-refractivity contribution in [2.75, 3.05) is 35.2 Å². The van der Waals surface area contributed by atoms with E-state index in [4.69, 9.17) is 0 Å². The minimum Gasteiger partial charge on any atom is -1.00 e. The van der Waals surface area contributed by atoms with Crippen molar-refractivity contribution in [2.45, 2.75) is 45.7 Å². The maximum atomic E-state index is 2.55. The molecule has 2 rings (SSSR count). The summed E-state index contributed by atoms with van der Waals surface area (Å²) in [6.45, 7) is 7.57. The quantitative estimate of drug-likeness (QED) is 0.469. The van der Waals surface area contributed by atoms with Crippen molar-refractivity contribution in [2.24, 2.45) is 16.7 Å². The Morgan fingerprint density at radius 2 is 1.56 bits per heavy atom. The maximum absolute atomic E-state index is 2.55. The fourth-order valence-corrected chi connectivity index (χ4v) is 5.24. The molecular formula is C15H31IN2. The van der Waals surface area contributed by atoms with Crippen molar-refractivity contribution in [3.63, 3.8) is 0 Å². The smallest absolute Gasteiger partial charge is 0.110 e. The largest absolute Gasteiger partial charge is 1.00 e. The van der Waals surface area contributed by atoms with Gasteiger partial charge in [0.25, 0.3) is 0 Å². The van der Waals surface area contributed by atoms with Gasteiger partial charge in [0, 0.05) is 5.41 Å². The van der Waals surface area contributed by atoms with Crippen LogP contribution in [0.5, 0.6) is 0 Å². The summed E-state index contributed by atoms with van der Waals surface area (Å²) < 4.78 is 1.10. The van der Waals surface area contributed by atoms with E-state index >= 15 is 0 Å². The van der Waals surface area contributed by atoms with Gasteiger partial charge in [-0.1, -0.05) is 20.8 Å². The number of nitrogens with zero attached hydrogens (tertiary/aromatic N) is 2. The summed E-state index contributed by atoms with van der Waals surface area (Å²) >= 11 is 0. The molecule has 0 aliphatic heterocycles. The lowest BCUT2D eigenvalue weighted by atomic mass is 9.68. The van der Waals surface area contributed by atoms with E-state index in [1.54, 1.807) is 0 Å². The zero-order valence-electron chi connectivity index (χ0n) is 13.4. The highest BCUT2D eigenvalue weighted by Crippen LogP contribution is 2.67. The zero-order chi connectivity index (χ0) is 13.2. The van der Waals surface area contributed by atoms with Gasteiger partial charge in [0.1, 0.15) is 6.04 Å². The monoisotopic (exact) mass is 366 g/mol. The molecule has 0 aromatic heterocycles. The topological polar surface area (TPSA) is 3.24 Å². The Labute approximate surface area is 131 Å². The lowest BCUT2D eigenvalue weighted by molar-refractivity contribution is -0.905. The fourth-order valence-electron chi connectivity index (χ4n) is 5.24. The number of halogens is 1. The van der Waals surface area contributed by atoms with Gasteiger partial charge < -0.3 is 33.4 Å². The fraction of sp³-hybridized carbons (Fsp3) is 1.00. The summed E-state index contributed by atoms with van der Waals surface area (Å²) in [5.41, 5.74) is 0.975. The summed E-state index contributed by atoms with van der Waals surface area (Å²) in [5, 5.41) is 0. The van der Waals surface area contributed by atoms with Gasteiger partial charge in [0.05, 0.1) is 27.2 Å². The molecule has 0 heterocycles. The molecule has 2 saturated carbocycles. The van der Waals surface area contributed by atoms with Crippen molar-refractivity contribution in [1.29, 1.82) is 0 Å². The first kappa shape index (κ1) is 16.7. The second-order valence-electron chi connectivity index (χ2n) is 8.30. The SMILES string of the molecule is CN(C)C1C2CCC(C)(C1[N+](C)(C)C)C2(C)C.[I-]. The minimum atomic E-state index is 0. The number of fused-ring (bicyclic) bond motifs is 2. The second-order valence-corrected chi connectivity index (χ2v) is 8.30. The van der Waals surface area contributed by atoms with Gasteiger partial charge in [-0.15, -0.1) is 0 Å². The van der Waals surface area contributed by atoms with Crippen molar-refractivity contribution in [1.82, 2.24) is 4.90 Å². The van der Waals surface area contributed by atoms with E-state index in [2.05, 4.69) is 60.9 Å². The Hall–Kier alpha value is 0.650. The molecule has 0 radical (unpaired) electrons. The normalized spacial score (nSPS) is 42.2. The van der Waals surface area contributed by atoms with Crippen LogP contribution in [0.15, 0.2) is 0 Å². The van der Waals surface area contributed by atoms with Crippen molar-refractivity contribution in [3.8, 4) is 0 Å². The Kier molecular flexibility index (Phi) is 4.26. The summed E-state index contributed by atoms with van der Waals surface area (Å²) in [4.78, 5) is 2.49. The van der Waals surface area contributed by atoms with Gasteiger partial charge in [-0.3, -0.25) is 0 Å². The molecule has 0 N–H and O–H groups in total. The lowest BCUT2D eigenvalue weighted by Crippen LogP contribution is -3.00. The average molecular weight is 366 g/mol. The molecule has 4 atom stereocenters. The molecule has 3 heteroatoms. The molecule has 108 valence electrons. The van der Waals surface area contributed by atoms with Crippen molar-refractivity contribution < 1.29 is 28.5 Å². The molecule has 0 saturated heterocycles. The highest BCUT2D eigenvalue weighted by Gasteiger charge is 2.70. The lowest BCUT2D eigenvalue weighted by Gasteiger charge is -2.48. The number of quaternary nitrogens is 1. The van der Waals surface area contributed by atoms with Crippen molar-refractivity contribution in [3.05, 3.63) is 0 Å². The molecule has 4 unspecified atom stereocenters. The molecule has 0 amide bonds. The molecule has 0 spiro atoms. The minimum absolute atomic E-state index is 0. The molecule has 2 aliphatic rings. The number of rotatable bonds is 2. The summed E-state index contributed by atoms with van der Waals surface area (Å²) in [6, 6.07) is 1.50. The van der Waals surface area contributed by atoms with Crippen LogP contribution < -0.4 is 24.0 Å². The third-order valence-corrected chi connectivity index (χ3v) is 6.19. The average Bonchev–Trinajstić information content (AvgIpc) is 2.44. The van der Waals surface area contributed by atoms with Gasteiger partial charge in [-0.25, -0.2) is 0 Å². The van der Waals surface area contributed by atoms with E-state index in [9.17, 15) is 0 Å². The summed E-state index contributed by atoms with van der Waals surface area (Å²) in [5.74, 6) is 0.866. The molecule has 2 nitrogen and oxygen atoms in total. The van der Waals surface area contributed by atoms with E-state index < -0.39 is 0 Å². The van der Waals surface area contributed by atoms with Gasteiger partial charge in [-0.2, -0.15) is 0 Å². The van der Waals surface area contributed by atoms with Crippen LogP contribution in [-0.4, -0.2) is 56.7 Å². The third kappa shape index (κ3) is 1.96. The maximum Gasteiger partial charge on any atom is 0.110 e. The summed E-state index contributed by atoms with van der Waals surface area (Å²) in [7, 11) is 11.7. The Bertz CT molecular complexity index is 319. The molecular weight excluding hydrogens is 335 g/mol. The van der Waals surface area contributed by atoms with Gasteiger partial charge in [-0.05, 0) is 38.3 Å². The highest BCUT2D eigenvalue weighted by molar-refractivity contribution is 5.17. The van der Waals surface area contributed by atoms with Crippen molar-refractivity contribution >= 4 is 0 Å². The molecule has 2 aliphatic carbocycles. The number of likely N-dealkylation sites (N-methyl/N-ethyl adjacent to an activating group) is 2. The Morgan fingerprint density at radius 1 is 1.06 bits per heavy atom. The van der Waals surface area contributed by atoms with E-state index in [1.807, 2.05) is 0 Å². The molecule has 2 fully saturated rings. The number of hydrogen-bond acceptors (Lipinski definition) is 1. The third-order valence-electron chi connectivity index (χ3n) is 6.19. The van der Waals surface area contributed by atoms with E-state index in [0.29, 0.717) is 10.8 Å². The van der Waals surface area contributed by atoms with Crippen LogP contribution in [0.3, 0.4) is 0 Å². The predicted molar refractivity (Wildman–Crippen MR) is 73.9 cm³/mol. The van der Waals surface area contributed by atoms with Crippen LogP contribution in [0.1, 0.15) is 33.6 Å². The van der Waals surface area contributed by atoms with Crippen LogP contribution >= 0.6 is 0 Å². The second kappa shape index (κ2) is 4.59. The van der Waals surface area contributed by atoms with Crippen LogP contribution in [0.25, 0.3) is 0 Å².